The molecular weight excluding hydrogens is 344 g/mol. The van der Waals surface area contributed by atoms with Crippen molar-refractivity contribution >= 4 is 17.6 Å². The third-order valence-electron chi connectivity index (χ3n) is 4.19. The van der Waals surface area contributed by atoms with E-state index in [2.05, 4.69) is 10.3 Å². The molecule has 1 heterocycles. The number of para-hydroxylation sites is 1. The van der Waals surface area contributed by atoms with Crippen LogP contribution < -0.4 is 5.32 Å². The Morgan fingerprint density at radius 2 is 1.74 bits per heavy atom. The first kappa shape index (κ1) is 18.1. The van der Waals surface area contributed by atoms with Gasteiger partial charge in [0.1, 0.15) is 5.75 Å². The average molecular weight is 362 g/mol. The molecule has 1 amide bonds. The van der Waals surface area contributed by atoms with Crippen LogP contribution in [0.15, 0.2) is 67.0 Å². The van der Waals surface area contributed by atoms with Gasteiger partial charge in [-0.3, -0.25) is 9.78 Å². The number of aromatic nitrogens is 1. The summed E-state index contributed by atoms with van der Waals surface area (Å²) >= 11 is 0. The molecule has 1 unspecified atom stereocenters. The second kappa shape index (κ2) is 7.70. The van der Waals surface area contributed by atoms with Crippen LogP contribution in [0.4, 0.5) is 5.69 Å². The molecule has 0 fully saturated rings. The highest BCUT2D eigenvalue weighted by Crippen LogP contribution is 2.29. The van der Waals surface area contributed by atoms with Crippen LogP contribution in [0.3, 0.4) is 0 Å². The second-order valence-electron chi connectivity index (χ2n) is 6.16. The molecule has 1 aromatic heterocycles. The Kier molecular flexibility index (Phi) is 5.17. The molecular formula is C21H18N2O4. The number of carbonyl (C=O) groups is 2. The number of phenols is 1. The van der Waals surface area contributed by atoms with Crippen LogP contribution in [0.25, 0.3) is 11.1 Å². The zero-order valence-electron chi connectivity index (χ0n) is 14.6. The molecule has 27 heavy (non-hydrogen) atoms. The van der Waals surface area contributed by atoms with E-state index in [1.165, 1.54) is 30.6 Å². The fourth-order valence-electron chi connectivity index (χ4n) is 2.69. The van der Waals surface area contributed by atoms with E-state index in [0.29, 0.717) is 22.4 Å². The molecule has 0 aliphatic heterocycles. The molecule has 2 aromatic carbocycles. The van der Waals surface area contributed by atoms with Gasteiger partial charge in [-0.25, -0.2) is 4.79 Å². The second-order valence-corrected chi connectivity index (χ2v) is 6.16. The molecule has 0 bridgehead atoms. The Hall–Kier alpha value is -3.67. The Morgan fingerprint density at radius 1 is 1.00 bits per heavy atom. The van der Waals surface area contributed by atoms with E-state index in [-0.39, 0.29) is 17.2 Å². The van der Waals surface area contributed by atoms with Crippen molar-refractivity contribution in [3.8, 4) is 16.9 Å². The van der Waals surface area contributed by atoms with Gasteiger partial charge >= 0.3 is 5.97 Å². The summed E-state index contributed by atoms with van der Waals surface area (Å²) in [6, 6.07) is 15.4. The van der Waals surface area contributed by atoms with Crippen LogP contribution in [0.5, 0.6) is 5.75 Å². The molecule has 136 valence electrons. The number of hydrogen-bond acceptors (Lipinski definition) is 4. The highest BCUT2D eigenvalue weighted by Gasteiger charge is 2.17. The van der Waals surface area contributed by atoms with E-state index in [1.807, 2.05) is 18.2 Å². The fourth-order valence-corrected chi connectivity index (χ4v) is 2.69. The third kappa shape index (κ3) is 4.30. The van der Waals surface area contributed by atoms with Crippen LogP contribution in [-0.4, -0.2) is 27.1 Å². The molecule has 0 spiro atoms. The standard InChI is InChI=1S/C21H18N2O4/c1-13(20(25)23-18-5-3-2-4-6-18)14-7-15(10-19(24)9-14)16-8-17(21(26)27)12-22-11-16/h2-13,24H,1H3,(H,23,25)(H,26,27). The minimum Gasteiger partial charge on any atom is -0.508 e. The lowest BCUT2D eigenvalue weighted by atomic mass is 9.95. The van der Waals surface area contributed by atoms with Crippen molar-refractivity contribution in [3.63, 3.8) is 0 Å². The first-order chi connectivity index (χ1) is 12.9. The van der Waals surface area contributed by atoms with Gasteiger partial charge in [-0.05, 0) is 48.4 Å². The number of aromatic hydroxyl groups is 1. The fraction of sp³-hybridized carbons (Fsp3) is 0.0952. The minimum atomic E-state index is -1.08. The summed E-state index contributed by atoms with van der Waals surface area (Å²) in [5.41, 5.74) is 2.47. The molecule has 3 N–H and O–H groups in total. The predicted octanol–water partition coefficient (Wildman–Crippen LogP) is 3.89. The lowest BCUT2D eigenvalue weighted by molar-refractivity contribution is -0.117. The van der Waals surface area contributed by atoms with Gasteiger partial charge in [0.2, 0.25) is 5.91 Å². The normalized spacial score (nSPS) is 11.6. The molecule has 3 rings (SSSR count). The summed E-state index contributed by atoms with van der Waals surface area (Å²) in [4.78, 5) is 27.6. The van der Waals surface area contributed by atoms with Gasteiger partial charge in [-0.2, -0.15) is 0 Å². The Labute approximate surface area is 156 Å². The SMILES string of the molecule is CC(C(=O)Nc1ccccc1)c1cc(O)cc(-c2cncc(C(=O)O)c2)c1. The molecule has 0 aliphatic carbocycles. The Bertz CT molecular complexity index is 986. The Morgan fingerprint density at radius 3 is 2.44 bits per heavy atom. The van der Waals surface area contributed by atoms with Crippen LogP contribution in [0.2, 0.25) is 0 Å². The van der Waals surface area contributed by atoms with Gasteiger partial charge in [0.15, 0.2) is 0 Å². The van der Waals surface area contributed by atoms with Crippen LogP contribution in [-0.2, 0) is 4.79 Å². The smallest absolute Gasteiger partial charge is 0.337 e. The first-order valence-electron chi connectivity index (χ1n) is 8.32. The zero-order chi connectivity index (χ0) is 19.4. The number of hydrogen-bond donors (Lipinski definition) is 3. The van der Waals surface area contributed by atoms with Crippen LogP contribution in [0, 0.1) is 0 Å². The summed E-state index contributed by atoms with van der Waals surface area (Å²) in [5, 5.41) is 22.0. The van der Waals surface area contributed by atoms with E-state index < -0.39 is 11.9 Å². The molecule has 0 aliphatic rings. The van der Waals surface area contributed by atoms with Gasteiger partial charge in [0, 0.05) is 23.6 Å². The van der Waals surface area contributed by atoms with Crippen LogP contribution in [0.1, 0.15) is 28.8 Å². The first-order valence-corrected chi connectivity index (χ1v) is 8.32. The van der Waals surface area contributed by atoms with Crippen molar-refractivity contribution in [3.05, 3.63) is 78.1 Å². The lowest BCUT2D eigenvalue weighted by Crippen LogP contribution is -2.18. The van der Waals surface area contributed by atoms with Crippen molar-refractivity contribution in [2.75, 3.05) is 5.32 Å². The number of carbonyl (C=O) groups excluding carboxylic acids is 1. The molecule has 0 radical (unpaired) electrons. The highest BCUT2D eigenvalue weighted by atomic mass is 16.4. The third-order valence-corrected chi connectivity index (χ3v) is 4.19. The number of nitrogens with zero attached hydrogens (tertiary/aromatic N) is 1. The summed E-state index contributed by atoms with van der Waals surface area (Å²) in [5.74, 6) is -1.83. The summed E-state index contributed by atoms with van der Waals surface area (Å²) in [7, 11) is 0. The van der Waals surface area contributed by atoms with Gasteiger partial charge in [-0.15, -0.1) is 0 Å². The van der Waals surface area contributed by atoms with Crippen molar-refractivity contribution in [2.24, 2.45) is 0 Å². The van der Waals surface area contributed by atoms with E-state index in [0.717, 1.165) is 0 Å². The largest absolute Gasteiger partial charge is 0.508 e. The number of phenolic OH excluding ortho intramolecular Hbond substituents is 1. The van der Waals surface area contributed by atoms with Crippen molar-refractivity contribution in [1.82, 2.24) is 4.98 Å². The zero-order valence-corrected chi connectivity index (χ0v) is 14.6. The Balaban J connectivity index is 1.89. The summed E-state index contributed by atoms with van der Waals surface area (Å²) in [6.45, 7) is 1.74. The number of amides is 1. The van der Waals surface area contributed by atoms with Crippen molar-refractivity contribution in [2.45, 2.75) is 12.8 Å². The number of carboxylic acid groups (broad SMARTS) is 1. The maximum absolute atomic E-state index is 12.5. The number of nitrogens with one attached hydrogen (secondary N) is 1. The predicted molar refractivity (Wildman–Crippen MR) is 102 cm³/mol. The number of benzene rings is 2. The van der Waals surface area contributed by atoms with Crippen LogP contribution >= 0.6 is 0 Å². The quantitative estimate of drug-likeness (QED) is 0.639. The topological polar surface area (TPSA) is 99.5 Å². The lowest BCUT2D eigenvalue weighted by Gasteiger charge is -2.14. The molecule has 6 heteroatoms. The van der Waals surface area contributed by atoms with E-state index >= 15 is 0 Å². The van der Waals surface area contributed by atoms with Crippen molar-refractivity contribution < 1.29 is 19.8 Å². The highest BCUT2D eigenvalue weighted by molar-refractivity contribution is 5.96. The number of anilines is 1. The van der Waals surface area contributed by atoms with Crippen molar-refractivity contribution in [1.29, 1.82) is 0 Å². The van der Waals surface area contributed by atoms with Gasteiger partial charge in [0.25, 0.3) is 0 Å². The molecule has 3 aromatic rings. The maximum Gasteiger partial charge on any atom is 0.337 e. The number of rotatable bonds is 5. The number of aromatic carboxylic acids is 1. The average Bonchev–Trinajstić information content (AvgIpc) is 2.67. The van der Waals surface area contributed by atoms with Gasteiger partial charge in [0.05, 0.1) is 11.5 Å². The van der Waals surface area contributed by atoms with Gasteiger partial charge in [-0.1, -0.05) is 24.3 Å². The van der Waals surface area contributed by atoms with Gasteiger partial charge < -0.3 is 15.5 Å². The summed E-state index contributed by atoms with van der Waals surface area (Å²) in [6.07, 6.45) is 2.77. The van der Waals surface area contributed by atoms with E-state index in [1.54, 1.807) is 25.1 Å². The molecule has 1 atom stereocenters. The van der Waals surface area contributed by atoms with E-state index in [4.69, 9.17) is 5.11 Å². The molecule has 6 nitrogen and oxygen atoms in total. The number of pyridine rings is 1. The maximum atomic E-state index is 12.5. The molecule has 0 saturated carbocycles. The van der Waals surface area contributed by atoms with E-state index in [9.17, 15) is 14.7 Å². The number of carboxylic acids is 1. The minimum absolute atomic E-state index is 0.0115. The molecule has 0 saturated heterocycles. The summed E-state index contributed by atoms with van der Waals surface area (Å²) < 4.78 is 0. The monoisotopic (exact) mass is 362 g/mol.